The number of amides is 1. The molecular formula is C17H28N2OS. The second kappa shape index (κ2) is 6.49. The highest BCUT2D eigenvalue weighted by Gasteiger charge is 2.45. The summed E-state index contributed by atoms with van der Waals surface area (Å²) in [5.41, 5.74) is 6.17. The molecule has 1 aromatic rings. The molecule has 0 aromatic carbocycles. The predicted octanol–water partition coefficient (Wildman–Crippen LogP) is 3.15. The number of thiophene rings is 1. The molecule has 21 heavy (non-hydrogen) atoms. The van der Waals surface area contributed by atoms with Crippen LogP contribution in [0.3, 0.4) is 0 Å². The van der Waals surface area contributed by atoms with Crippen LogP contribution in [0.4, 0.5) is 0 Å². The summed E-state index contributed by atoms with van der Waals surface area (Å²) >= 11 is 1.76. The van der Waals surface area contributed by atoms with Gasteiger partial charge in [-0.2, -0.15) is 0 Å². The highest BCUT2D eigenvalue weighted by Crippen LogP contribution is 2.45. The van der Waals surface area contributed by atoms with Gasteiger partial charge in [-0.3, -0.25) is 4.79 Å². The Balaban J connectivity index is 1.98. The van der Waals surface area contributed by atoms with Gasteiger partial charge in [0.15, 0.2) is 0 Å². The van der Waals surface area contributed by atoms with Crippen molar-refractivity contribution in [1.29, 1.82) is 0 Å². The first-order chi connectivity index (χ1) is 9.84. The normalized spacial score (nSPS) is 28.3. The quantitative estimate of drug-likeness (QED) is 0.929. The van der Waals surface area contributed by atoms with E-state index in [1.54, 1.807) is 11.3 Å². The zero-order valence-corrected chi connectivity index (χ0v) is 14.5. The molecule has 0 bridgehead atoms. The number of nitrogens with two attached hydrogens (primary N) is 1. The van der Waals surface area contributed by atoms with E-state index < -0.39 is 0 Å². The average Bonchev–Trinajstić information content (AvgIpc) is 2.95. The molecule has 1 heterocycles. The van der Waals surface area contributed by atoms with Gasteiger partial charge in [0.1, 0.15) is 0 Å². The molecule has 0 aliphatic heterocycles. The number of hydrogen-bond donors (Lipinski definition) is 1. The highest BCUT2D eigenvalue weighted by molar-refractivity contribution is 7.09. The number of nitrogens with zero attached hydrogens (tertiary/aromatic N) is 1. The minimum atomic E-state index is -0.0219. The van der Waals surface area contributed by atoms with E-state index in [-0.39, 0.29) is 23.3 Å². The third kappa shape index (κ3) is 3.49. The summed E-state index contributed by atoms with van der Waals surface area (Å²) in [7, 11) is 1.94. The maximum absolute atomic E-state index is 12.8. The van der Waals surface area contributed by atoms with Crippen LogP contribution in [-0.4, -0.2) is 30.4 Å². The van der Waals surface area contributed by atoms with Gasteiger partial charge in [-0.1, -0.05) is 26.8 Å². The first-order valence-corrected chi connectivity index (χ1v) is 8.75. The van der Waals surface area contributed by atoms with E-state index in [9.17, 15) is 4.79 Å². The molecule has 0 spiro atoms. The number of carbonyl (C=O) groups excluding carboxylic acids is 1. The summed E-state index contributed by atoms with van der Waals surface area (Å²) < 4.78 is 0. The molecule has 0 radical (unpaired) electrons. The van der Waals surface area contributed by atoms with E-state index in [0.29, 0.717) is 5.92 Å². The van der Waals surface area contributed by atoms with Crippen LogP contribution in [0.2, 0.25) is 0 Å². The third-order valence-electron chi connectivity index (χ3n) is 5.45. The van der Waals surface area contributed by atoms with Crippen LogP contribution in [0.1, 0.15) is 38.5 Å². The molecule has 1 amide bonds. The summed E-state index contributed by atoms with van der Waals surface area (Å²) in [6.45, 7) is 7.39. The van der Waals surface area contributed by atoms with Gasteiger partial charge in [0.25, 0.3) is 0 Å². The lowest BCUT2D eigenvalue weighted by Crippen LogP contribution is -2.52. The summed E-state index contributed by atoms with van der Waals surface area (Å²) in [4.78, 5) is 16.1. The summed E-state index contributed by atoms with van der Waals surface area (Å²) in [6.07, 6.45) is 2.82. The van der Waals surface area contributed by atoms with Crippen LogP contribution in [-0.2, 0) is 11.2 Å². The lowest BCUT2D eigenvalue weighted by atomic mass is 9.61. The predicted molar refractivity (Wildman–Crippen MR) is 89.3 cm³/mol. The maximum Gasteiger partial charge on any atom is 0.225 e. The molecule has 1 aliphatic rings. The molecule has 3 nitrogen and oxygen atoms in total. The van der Waals surface area contributed by atoms with Crippen molar-refractivity contribution in [2.24, 2.45) is 23.0 Å². The van der Waals surface area contributed by atoms with Crippen LogP contribution in [0.25, 0.3) is 0 Å². The van der Waals surface area contributed by atoms with Crippen molar-refractivity contribution in [1.82, 2.24) is 4.90 Å². The van der Waals surface area contributed by atoms with Gasteiger partial charge in [-0.05, 0) is 42.0 Å². The van der Waals surface area contributed by atoms with Crippen molar-refractivity contribution in [3.8, 4) is 0 Å². The Hall–Kier alpha value is -0.870. The lowest BCUT2D eigenvalue weighted by molar-refractivity contribution is -0.142. The molecule has 1 aromatic heterocycles. The molecule has 1 fully saturated rings. The minimum absolute atomic E-state index is 0.0219. The fraction of sp³-hybridized carbons (Fsp3) is 0.706. The monoisotopic (exact) mass is 308 g/mol. The van der Waals surface area contributed by atoms with Crippen molar-refractivity contribution < 1.29 is 4.79 Å². The Labute approximate surface area is 132 Å². The summed E-state index contributed by atoms with van der Waals surface area (Å²) in [6, 6.07) is 4.42. The van der Waals surface area contributed by atoms with E-state index in [1.807, 2.05) is 11.9 Å². The van der Waals surface area contributed by atoms with Crippen LogP contribution >= 0.6 is 11.3 Å². The van der Waals surface area contributed by atoms with Crippen molar-refractivity contribution in [3.63, 3.8) is 0 Å². The van der Waals surface area contributed by atoms with E-state index in [0.717, 1.165) is 25.8 Å². The van der Waals surface area contributed by atoms with Crippen molar-refractivity contribution >= 4 is 17.2 Å². The van der Waals surface area contributed by atoms with Crippen molar-refractivity contribution in [2.75, 3.05) is 13.6 Å². The molecule has 2 rings (SSSR count). The Morgan fingerprint density at radius 2 is 2.19 bits per heavy atom. The summed E-state index contributed by atoms with van der Waals surface area (Å²) in [5, 5.41) is 2.09. The van der Waals surface area contributed by atoms with Crippen LogP contribution in [0.15, 0.2) is 17.5 Å². The van der Waals surface area contributed by atoms with Gasteiger partial charge in [0.05, 0.1) is 0 Å². The molecule has 3 atom stereocenters. The van der Waals surface area contributed by atoms with E-state index >= 15 is 0 Å². The number of hydrogen-bond acceptors (Lipinski definition) is 3. The molecule has 3 unspecified atom stereocenters. The number of carbonyl (C=O) groups is 1. The Kier molecular flexibility index (Phi) is 5.10. The van der Waals surface area contributed by atoms with Crippen LogP contribution in [0.5, 0.6) is 0 Å². The van der Waals surface area contributed by atoms with Gasteiger partial charge >= 0.3 is 0 Å². The fourth-order valence-electron chi connectivity index (χ4n) is 3.40. The van der Waals surface area contributed by atoms with Crippen LogP contribution in [0, 0.1) is 17.3 Å². The van der Waals surface area contributed by atoms with Gasteiger partial charge < -0.3 is 10.6 Å². The summed E-state index contributed by atoms with van der Waals surface area (Å²) in [5.74, 6) is 0.766. The van der Waals surface area contributed by atoms with Crippen LogP contribution < -0.4 is 5.73 Å². The largest absolute Gasteiger partial charge is 0.345 e. The van der Waals surface area contributed by atoms with Crippen molar-refractivity contribution in [3.05, 3.63) is 22.4 Å². The zero-order valence-electron chi connectivity index (χ0n) is 13.6. The molecule has 0 saturated heterocycles. The van der Waals surface area contributed by atoms with Gasteiger partial charge in [0.2, 0.25) is 5.91 Å². The highest BCUT2D eigenvalue weighted by atomic mass is 32.1. The third-order valence-corrected chi connectivity index (χ3v) is 6.39. The van der Waals surface area contributed by atoms with Gasteiger partial charge in [-0.25, -0.2) is 0 Å². The number of rotatable bonds is 4. The molecule has 1 aliphatic carbocycles. The van der Waals surface area contributed by atoms with Gasteiger partial charge in [-0.15, -0.1) is 11.3 Å². The first kappa shape index (κ1) is 16.5. The Morgan fingerprint density at radius 3 is 2.81 bits per heavy atom. The Bertz CT molecular complexity index is 469. The van der Waals surface area contributed by atoms with Gasteiger partial charge in [0, 0.05) is 30.4 Å². The standard InChI is InChI=1S/C17H28N2OS/c1-12-15(18)8-7-14(17(12,2)3)16(20)19(4)10-9-13-6-5-11-21-13/h5-6,11-12,14-15H,7-10,18H2,1-4H3. The number of likely N-dealkylation sites (N-methyl/N-ethyl adjacent to an activating group) is 1. The second-order valence-corrected chi connectivity index (χ2v) is 8.03. The Morgan fingerprint density at radius 1 is 1.48 bits per heavy atom. The SMILES string of the molecule is CC1C(N)CCC(C(=O)N(C)CCc2cccs2)C1(C)C. The molecule has 4 heteroatoms. The first-order valence-electron chi connectivity index (χ1n) is 7.87. The maximum atomic E-state index is 12.8. The topological polar surface area (TPSA) is 46.3 Å². The molecular weight excluding hydrogens is 280 g/mol. The van der Waals surface area contributed by atoms with E-state index in [2.05, 4.69) is 38.3 Å². The fourth-order valence-corrected chi connectivity index (χ4v) is 4.10. The van der Waals surface area contributed by atoms with E-state index in [1.165, 1.54) is 4.88 Å². The lowest BCUT2D eigenvalue weighted by Gasteiger charge is -2.47. The average molecular weight is 308 g/mol. The molecule has 118 valence electrons. The second-order valence-electron chi connectivity index (χ2n) is 6.99. The zero-order chi connectivity index (χ0) is 15.6. The van der Waals surface area contributed by atoms with Crippen molar-refractivity contribution in [2.45, 2.75) is 46.1 Å². The molecule has 1 saturated carbocycles. The minimum Gasteiger partial charge on any atom is -0.345 e. The van der Waals surface area contributed by atoms with E-state index in [4.69, 9.17) is 5.73 Å². The smallest absolute Gasteiger partial charge is 0.225 e. The molecule has 2 N–H and O–H groups in total.